The van der Waals surface area contributed by atoms with Crippen molar-refractivity contribution in [3.05, 3.63) is 0 Å². The second-order valence-corrected chi connectivity index (χ2v) is 6.64. The molecule has 1 saturated heterocycles. The molecule has 1 aliphatic rings. The minimum Gasteiger partial charge on any atom is -0.302 e. The largest absolute Gasteiger partial charge is 0.302 e. The van der Waals surface area contributed by atoms with Gasteiger partial charge in [0.05, 0.1) is 0 Å². The third-order valence-electron chi connectivity index (χ3n) is 4.16. The van der Waals surface area contributed by atoms with Crippen molar-refractivity contribution in [3.63, 3.8) is 0 Å². The molecule has 1 fully saturated rings. The summed E-state index contributed by atoms with van der Waals surface area (Å²) in [4.78, 5) is 5.28. The summed E-state index contributed by atoms with van der Waals surface area (Å²) in [5.41, 5.74) is 0. The Labute approximate surface area is 129 Å². The molecular formula is C16H33BrN2. The number of hydrogen-bond donors (Lipinski definition) is 0. The summed E-state index contributed by atoms with van der Waals surface area (Å²) in [7, 11) is 0. The summed E-state index contributed by atoms with van der Waals surface area (Å²) >= 11 is 3.55. The standard InChI is InChI=1S/C16H33BrN2/c1-2-3-4-5-6-7-8-11-18-12-9-13-19(14-10-17)16-15-18/h2-16H2,1H3. The first kappa shape index (κ1) is 17.5. The van der Waals surface area contributed by atoms with Crippen molar-refractivity contribution in [1.29, 1.82) is 0 Å². The van der Waals surface area contributed by atoms with Gasteiger partial charge in [-0.05, 0) is 32.5 Å². The predicted molar refractivity (Wildman–Crippen MR) is 89.3 cm³/mol. The summed E-state index contributed by atoms with van der Waals surface area (Å²) in [6.45, 7) is 9.98. The molecule has 0 atom stereocenters. The van der Waals surface area contributed by atoms with E-state index < -0.39 is 0 Å². The van der Waals surface area contributed by atoms with Crippen LogP contribution in [0.1, 0.15) is 58.3 Å². The van der Waals surface area contributed by atoms with Crippen LogP contribution in [0.3, 0.4) is 0 Å². The van der Waals surface area contributed by atoms with Crippen molar-refractivity contribution in [1.82, 2.24) is 9.80 Å². The monoisotopic (exact) mass is 332 g/mol. The van der Waals surface area contributed by atoms with Crippen molar-refractivity contribution >= 4 is 15.9 Å². The molecule has 0 bridgehead atoms. The Kier molecular flexibility index (Phi) is 11.2. The van der Waals surface area contributed by atoms with Gasteiger partial charge in [0.15, 0.2) is 0 Å². The van der Waals surface area contributed by atoms with Gasteiger partial charge < -0.3 is 9.80 Å². The molecule has 2 nitrogen and oxygen atoms in total. The van der Waals surface area contributed by atoms with E-state index in [1.54, 1.807) is 0 Å². The van der Waals surface area contributed by atoms with E-state index in [4.69, 9.17) is 0 Å². The number of hydrogen-bond acceptors (Lipinski definition) is 2. The van der Waals surface area contributed by atoms with Crippen LogP contribution in [0.5, 0.6) is 0 Å². The van der Waals surface area contributed by atoms with Gasteiger partial charge >= 0.3 is 0 Å². The van der Waals surface area contributed by atoms with E-state index in [0.29, 0.717) is 0 Å². The summed E-state index contributed by atoms with van der Waals surface area (Å²) in [6.07, 6.45) is 11.3. The third-order valence-corrected chi connectivity index (χ3v) is 4.51. The van der Waals surface area contributed by atoms with Crippen molar-refractivity contribution in [2.75, 3.05) is 44.6 Å². The Morgan fingerprint density at radius 2 is 1.32 bits per heavy atom. The Bertz CT molecular complexity index is 199. The van der Waals surface area contributed by atoms with Crippen LogP contribution in [0, 0.1) is 0 Å². The molecule has 0 spiro atoms. The van der Waals surface area contributed by atoms with Gasteiger partial charge in [0.2, 0.25) is 0 Å². The molecule has 0 aromatic carbocycles. The van der Waals surface area contributed by atoms with Crippen LogP contribution in [0.15, 0.2) is 0 Å². The molecule has 1 aliphatic heterocycles. The molecule has 0 N–H and O–H groups in total. The van der Waals surface area contributed by atoms with Crippen LogP contribution in [0.4, 0.5) is 0 Å². The molecule has 0 radical (unpaired) electrons. The van der Waals surface area contributed by atoms with E-state index in [2.05, 4.69) is 32.7 Å². The highest BCUT2D eigenvalue weighted by Crippen LogP contribution is 2.09. The van der Waals surface area contributed by atoms with Crippen LogP contribution in [-0.4, -0.2) is 54.4 Å². The molecule has 0 saturated carbocycles. The van der Waals surface area contributed by atoms with Gasteiger partial charge in [0.25, 0.3) is 0 Å². The maximum atomic E-state index is 3.55. The average molecular weight is 333 g/mol. The lowest BCUT2D eigenvalue weighted by atomic mass is 10.1. The molecule has 114 valence electrons. The van der Waals surface area contributed by atoms with Crippen molar-refractivity contribution < 1.29 is 0 Å². The number of unbranched alkanes of at least 4 members (excludes halogenated alkanes) is 6. The van der Waals surface area contributed by atoms with Gasteiger partial charge in [-0.3, -0.25) is 0 Å². The van der Waals surface area contributed by atoms with E-state index in [1.165, 1.54) is 90.6 Å². The molecule has 0 aliphatic carbocycles. The fourth-order valence-corrected chi connectivity index (χ4v) is 3.39. The van der Waals surface area contributed by atoms with Gasteiger partial charge in [-0.1, -0.05) is 61.4 Å². The maximum absolute atomic E-state index is 3.55. The highest BCUT2D eigenvalue weighted by atomic mass is 79.9. The van der Waals surface area contributed by atoms with Gasteiger partial charge in [0.1, 0.15) is 0 Å². The Balaban J connectivity index is 1.97. The normalized spacial score (nSPS) is 18.6. The number of nitrogens with zero attached hydrogens (tertiary/aromatic N) is 2. The number of halogens is 1. The van der Waals surface area contributed by atoms with Crippen molar-refractivity contribution in [2.45, 2.75) is 58.3 Å². The lowest BCUT2D eigenvalue weighted by molar-refractivity contribution is 0.260. The van der Waals surface area contributed by atoms with Crippen LogP contribution in [-0.2, 0) is 0 Å². The van der Waals surface area contributed by atoms with E-state index >= 15 is 0 Å². The summed E-state index contributed by atoms with van der Waals surface area (Å²) in [5, 5.41) is 1.12. The first-order valence-electron chi connectivity index (χ1n) is 8.37. The van der Waals surface area contributed by atoms with Crippen molar-refractivity contribution in [3.8, 4) is 0 Å². The van der Waals surface area contributed by atoms with E-state index in [-0.39, 0.29) is 0 Å². The SMILES string of the molecule is CCCCCCCCCN1CCCN(CCBr)CC1. The molecule has 1 rings (SSSR count). The van der Waals surface area contributed by atoms with Crippen LogP contribution in [0.2, 0.25) is 0 Å². The van der Waals surface area contributed by atoms with Gasteiger partial charge in [-0.25, -0.2) is 0 Å². The minimum atomic E-state index is 1.12. The zero-order chi connectivity index (χ0) is 13.8. The van der Waals surface area contributed by atoms with E-state index in [1.807, 2.05) is 0 Å². The van der Waals surface area contributed by atoms with E-state index in [9.17, 15) is 0 Å². The lowest BCUT2D eigenvalue weighted by Crippen LogP contribution is -2.32. The van der Waals surface area contributed by atoms with Gasteiger partial charge in [0, 0.05) is 25.0 Å². The Hall–Kier alpha value is 0.400. The fraction of sp³-hybridized carbons (Fsp3) is 1.00. The molecule has 0 aromatic heterocycles. The molecule has 0 aromatic rings. The molecule has 1 heterocycles. The van der Waals surface area contributed by atoms with Gasteiger partial charge in [-0.2, -0.15) is 0 Å². The highest BCUT2D eigenvalue weighted by Gasteiger charge is 2.13. The van der Waals surface area contributed by atoms with Crippen molar-refractivity contribution in [2.24, 2.45) is 0 Å². The first-order valence-corrected chi connectivity index (χ1v) is 9.49. The Morgan fingerprint density at radius 3 is 1.95 bits per heavy atom. The minimum absolute atomic E-state index is 1.12. The van der Waals surface area contributed by atoms with Crippen LogP contribution >= 0.6 is 15.9 Å². The molecular weight excluding hydrogens is 300 g/mol. The fourth-order valence-electron chi connectivity index (χ4n) is 2.88. The van der Waals surface area contributed by atoms with Gasteiger partial charge in [-0.15, -0.1) is 0 Å². The molecule has 19 heavy (non-hydrogen) atoms. The topological polar surface area (TPSA) is 6.48 Å². The summed E-state index contributed by atoms with van der Waals surface area (Å²) in [6, 6.07) is 0. The second-order valence-electron chi connectivity index (χ2n) is 5.85. The zero-order valence-electron chi connectivity index (χ0n) is 12.9. The highest BCUT2D eigenvalue weighted by molar-refractivity contribution is 9.09. The second kappa shape index (κ2) is 12.2. The van der Waals surface area contributed by atoms with Crippen LogP contribution < -0.4 is 0 Å². The lowest BCUT2D eigenvalue weighted by Gasteiger charge is -2.21. The average Bonchev–Trinajstić information content (AvgIpc) is 2.64. The number of alkyl halides is 1. The molecule has 3 heteroatoms. The number of rotatable bonds is 10. The summed E-state index contributed by atoms with van der Waals surface area (Å²) in [5.74, 6) is 0. The maximum Gasteiger partial charge on any atom is 0.0159 e. The third kappa shape index (κ3) is 9.04. The molecule has 0 unspecified atom stereocenters. The Morgan fingerprint density at radius 1 is 0.737 bits per heavy atom. The molecule has 0 amide bonds. The smallest absolute Gasteiger partial charge is 0.0159 e. The quantitative estimate of drug-likeness (QED) is 0.438. The van der Waals surface area contributed by atoms with Crippen LogP contribution in [0.25, 0.3) is 0 Å². The zero-order valence-corrected chi connectivity index (χ0v) is 14.5. The van der Waals surface area contributed by atoms with E-state index in [0.717, 1.165) is 5.33 Å². The predicted octanol–water partition coefficient (Wildman–Crippen LogP) is 4.14. The summed E-state index contributed by atoms with van der Waals surface area (Å²) < 4.78 is 0. The first-order chi connectivity index (χ1) is 9.36.